The SMILES string of the molecule is COc1ccccc1NC(=O)CN1CCN(Cc2ccco2)CC1. The van der Waals surface area contributed by atoms with E-state index in [2.05, 4.69) is 15.1 Å². The van der Waals surface area contributed by atoms with E-state index in [-0.39, 0.29) is 5.91 Å². The molecule has 0 radical (unpaired) electrons. The minimum Gasteiger partial charge on any atom is -0.495 e. The predicted molar refractivity (Wildman–Crippen MR) is 92.0 cm³/mol. The van der Waals surface area contributed by atoms with Crippen LogP contribution in [0.2, 0.25) is 0 Å². The predicted octanol–water partition coefficient (Wildman–Crippen LogP) is 2.04. The van der Waals surface area contributed by atoms with E-state index in [1.54, 1.807) is 13.4 Å². The first-order valence-corrected chi connectivity index (χ1v) is 8.14. The molecule has 3 rings (SSSR count). The van der Waals surface area contributed by atoms with Gasteiger partial charge in [0.05, 0.1) is 32.1 Å². The Bertz CT molecular complexity index is 649. The quantitative estimate of drug-likeness (QED) is 0.879. The largest absolute Gasteiger partial charge is 0.495 e. The Morgan fingerprint density at radius 2 is 1.88 bits per heavy atom. The van der Waals surface area contributed by atoms with Gasteiger partial charge < -0.3 is 14.5 Å². The highest BCUT2D eigenvalue weighted by Gasteiger charge is 2.20. The van der Waals surface area contributed by atoms with Crippen molar-refractivity contribution in [3.8, 4) is 5.75 Å². The van der Waals surface area contributed by atoms with Gasteiger partial charge in [-0.25, -0.2) is 0 Å². The van der Waals surface area contributed by atoms with Crippen LogP contribution in [-0.4, -0.2) is 55.5 Å². The number of rotatable bonds is 6. The van der Waals surface area contributed by atoms with Gasteiger partial charge in [-0.05, 0) is 24.3 Å². The molecule has 6 nitrogen and oxygen atoms in total. The molecule has 1 saturated heterocycles. The Labute approximate surface area is 142 Å². The number of ether oxygens (including phenoxy) is 1. The smallest absolute Gasteiger partial charge is 0.238 e. The van der Waals surface area contributed by atoms with E-state index < -0.39 is 0 Å². The summed E-state index contributed by atoms with van der Waals surface area (Å²) in [6.45, 7) is 4.84. The van der Waals surface area contributed by atoms with Crippen molar-refractivity contribution in [2.75, 3.05) is 45.2 Å². The van der Waals surface area contributed by atoms with E-state index in [9.17, 15) is 4.79 Å². The van der Waals surface area contributed by atoms with Gasteiger partial charge in [0.25, 0.3) is 0 Å². The van der Waals surface area contributed by atoms with E-state index >= 15 is 0 Å². The second-order valence-corrected chi connectivity index (χ2v) is 5.88. The molecule has 1 aromatic carbocycles. The summed E-state index contributed by atoms with van der Waals surface area (Å²) >= 11 is 0. The first kappa shape index (κ1) is 16.5. The molecule has 1 N–H and O–H groups in total. The number of methoxy groups -OCH3 is 1. The number of hydrogen-bond donors (Lipinski definition) is 1. The monoisotopic (exact) mass is 329 g/mol. The van der Waals surface area contributed by atoms with Gasteiger partial charge in [-0.1, -0.05) is 12.1 Å². The highest BCUT2D eigenvalue weighted by Crippen LogP contribution is 2.22. The summed E-state index contributed by atoms with van der Waals surface area (Å²) in [5, 5.41) is 2.92. The van der Waals surface area contributed by atoms with Crippen molar-refractivity contribution in [3.05, 3.63) is 48.4 Å². The summed E-state index contributed by atoms with van der Waals surface area (Å²) in [7, 11) is 1.60. The molecule has 0 saturated carbocycles. The highest BCUT2D eigenvalue weighted by molar-refractivity contribution is 5.93. The van der Waals surface area contributed by atoms with Crippen LogP contribution in [0.15, 0.2) is 47.1 Å². The van der Waals surface area contributed by atoms with Crippen molar-refractivity contribution < 1.29 is 13.9 Å². The van der Waals surface area contributed by atoms with Gasteiger partial charge in [0.1, 0.15) is 11.5 Å². The molecule has 0 spiro atoms. The second-order valence-electron chi connectivity index (χ2n) is 5.88. The lowest BCUT2D eigenvalue weighted by Crippen LogP contribution is -2.48. The summed E-state index contributed by atoms with van der Waals surface area (Å²) in [6, 6.07) is 11.3. The Morgan fingerprint density at radius 3 is 2.58 bits per heavy atom. The van der Waals surface area contributed by atoms with Gasteiger partial charge >= 0.3 is 0 Å². The van der Waals surface area contributed by atoms with Gasteiger partial charge in [0.2, 0.25) is 5.91 Å². The normalized spacial score (nSPS) is 16.0. The zero-order valence-electron chi connectivity index (χ0n) is 13.9. The molecule has 0 unspecified atom stereocenters. The third-order valence-corrected chi connectivity index (χ3v) is 4.17. The van der Waals surface area contributed by atoms with Crippen molar-refractivity contribution in [2.24, 2.45) is 0 Å². The molecule has 6 heteroatoms. The van der Waals surface area contributed by atoms with Crippen LogP contribution >= 0.6 is 0 Å². The summed E-state index contributed by atoms with van der Waals surface area (Å²) in [5.41, 5.74) is 0.710. The number of para-hydroxylation sites is 2. The van der Waals surface area contributed by atoms with Crippen molar-refractivity contribution in [3.63, 3.8) is 0 Å². The van der Waals surface area contributed by atoms with Gasteiger partial charge in [0, 0.05) is 26.2 Å². The third kappa shape index (κ3) is 4.37. The number of anilines is 1. The molecule has 1 aliphatic heterocycles. The number of amides is 1. The third-order valence-electron chi connectivity index (χ3n) is 4.17. The summed E-state index contributed by atoms with van der Waals surface area (Å²) in [4.78, 5) is 16.8. The minimum absolute atomic E-state index is 0.0148. The van der Waals surface area contributed by atoms with Crippen LogP contribution in [0.5, 0.6) is 5.75 Å². The summed E-state index contributed by atoms with van der Waals surface area (Å²) in [5.74, 6) is 1.64. The lowest BCUT2D eigenvalue weighted by atomic mass is 10.2. The number of furan rings is 1. The molecule has 1 fully saturated rings. The fraction of sp³-hybridized carbons (Fsp3) is 0.389. The van der Waals surface area contributed by atoms with Gasteiger partial charge in [-0.15, -0.1) is 0 Å². The zero-order valence-corrected chi connectivity index (χ0v) is 13.9. The topological polar surface area (TPSA) is 58.0 Å². The average Bonchev–Trinajstić information content (AvgIpc) is 3.10. The number of carbonyl (C=O) groups is 1. The van der Waals surface area contributed by atoms with Gasteiger partial charge in [0.15, 0.2) is 0 Å². The molecule has 2 aromatic rings. The summed E-state index contributed by atoms with van der Waals surface area (Å²) in [6.07, 6.45) is 1.70. The highest BCUT2D eigenvalue weighted by atomic mass is 16.5. The maximum absolute atomic E-state index is 12.2. The van der Waals surface area contributed by atoms with Gasteiger partial charge in [-0.2, -0.15) is 0 Å². The van der Waals surface area contributed by atoms with Crippen molar-refractivity contribution in [1.29, 1.82) is 0 Å². The fourth-order valence-electron chi connectivity index (χ4n) is 2.87. The second kappa shape index (κ2) is 7.99. The maximum Gasteiger partial charge on any atom is 0.238 e. The molecular formula is C18H23N3O3. The van der Waals surface area contributed by atoms with E-state index in [1.807, 2.05) is 36.4 Å². The van der Waals surface area contributed by atoms with Crippen LogP contribution in [-0.2, 0) is 11.3 Å². The number of nitrogens with zero attached hydrogens (tertiary/aromatic N) is 2. The Kier molecular flexibility index (Phi) is 5.51. The Hall–Kier alpha value is -2.31. The van der Waals surface area contributed by atoms with Crippen molar-refractivity contribution >= 4 is 11.6 Å². The Balaban J connectivity index is 1.44. The van der Waals surface area contributed by atoms with Crippen LogP contribution in [0.25, 0.3) is 0 Å². The lowest BCUT2D eigenvalue weighted by molar-refractivity contribution is -0.117. The molecule has 2 heterocycles. The number of carbonyl (C=O) groups excluding carboxylic acids is 1. The first-order chi connectivity index (χ1) is 11.7. The van der Waals surface area contributed by atoms with Crippen LogP contribution in [0.1, 0.15) is 5.76 Å². The molecule has 24 heavy (non-hydrogen) atoms. The van der Waals surface area contributed by atoms with Crippen LogP contribution < -0.4 is 10.1 Å². The lowest BCUT2D eigenvalue weighted by Gasteiger charge is -2.33. The van der Waals surface area contributed by atoms with E-state index in [4.69, 9.17) is 9.15 Å². The fourth-order valence-corrected chi connectivity index (χ4v) is 2.87. The molecule has 0 bridgehead atoms. The standard InChI is InChI=1S/C18H23N3O3/c1-23-17-7-3-2-6-16(17)19-18(22)14-21-10-8-20(9-11-21)13-15-5-4-12-24-15/h2-7,12H,8-11,13-14H2,1H3,(H,19,22). The molecule has 1 aliphatic rings. The Morgan fingerprint density at radius 1 is 1.12 bits per heavy atom. The van der Waals surface area contributed by atoms with Crippen LogP contribution in [0.4, 0.5) is 5.69 Å². The van der Waals surface area contributed by atoms with Crippen LogP contribution in [0, 0.1) is 0 Å². The average molecular weight is 329 g/mol. The van der Waals surface area contributed by atoms with Crippen LogP contribution in [0.3, 0.4) is 0 Å². The number of nitrogens with one attached hydrogen (secondary N) is 1. The molecule has 0 aliphatic carbocycles. The van der Waals surface area contributed by atoms with E-state index in [1.165, 1.54) is 0 Å². The molecule has 1 aromatic heterocycles. The number of hydrogen-bond acceptors (Lipinski definition) is 5. The van der Waals surface area contributed by atoms with Crippen molar-refractivity contribution in [1.82, 2.24) is 9.80 Å². The molecule has 128 valence electrons. The summed E-state index contributed by atoms with van der Waals surface area (Å²) < 4.78 is 10.6. The molecule has 0 atom stereocenters. The van der Waals surface area contributed by atoms with E-state index in [0.29, 0.717) is 18.0 Å². The first-order valence-electron chi connectivity index (χ1n) is 8.14. The van der Waals surface area contributed by atoms with Crippen molar-refractivity contribution in [2.45, 2.75) is 6.54 Å². The molecular weight excluding hydrogens is 306 g/mol. The van der Waals surface area contributed by atoms with Gasteiger partial charge in [-0.3, -0.25) is 14.6 Å². The zero-order chi connectivity index (χ0) is 16.8. The van der Waals surface area contributed by atoms with E-state index in [0.717, 1.165) is 38.5 Å². The molecule has 1 amide bonds. The maximum atomic E-state index is 12.2. The number of piperazine rings is 1. The minimum atomic E-state index is -0.0148. The number of benzene rings is 1.